The van der Waals surface area contributed by atoms with Crippen LogP contribution >= 0.6 is 0 Å². The van der Waals surface area contributed by atoms with Gasteiger partial charge in [0.2, 0.25) is 5.91 Å². The molecule has 0 radical (unpaired) electrons. The van der Waals surface area contributed by atoms with Crippen LogP contribution in [0.2, 0.25) is 0 Å². The number of hydrogen-bond acceptors (Lipinski definition) is 3. The topological polar surface area (TPSA) is 45.2 Å². The number of rotatable bonds is 4. The van der Waals surface area contributed by atoms with Gasteiger partial charge in [0.25, 0.3) is 0 Å². The maximum Gasteiger partial charge on any atom is 0.416 e. The van der Waals surface area contributed by atoms with Gasteiger partial charge in [-0.3, -0.25) is 4.79 Å². The van der Waals surface area contributed by atoms with Crippen molar-refractivity contribution in [1.82, 2.24) is 4.98 Å². The van der Waals surface area contributed by atoms with Gasteiger partial charge in [0, 0.05) is 19.0 Å². The van der Waals surface area contributed by atoms with Crippen LogP contribution in [0.1, 0.15) is 36.3 Å². The summed E-state index contributed by atoms with van der Waals surface area (Å²) in [5, 5.41) is 2.82. The first-order chi connectivity index (χ1) is 12.9. The minimum atomic E-state index is -4.37. The van der Waals surface area contributed by atoms with Crippen LogP contribution in [0, 0.1) is 5.92 Å². The number of benzene rings is 1. The van der Waals surface area contributed by atoms with E-state index >= 15 is 0 Å². The minimum Gasteiger partial charge on any atom is -0.357 e. The molecule has 27 heavy (non-hydrogen) atoms. The van der Waals surface area contributed by atoms with Crippen LogP contribution in [0.5, 0.6) is 0 Å². The van der Waals surface area contributed by atoms with Crippen molar-refractivity contribution in [3.05, 3.63) is 53.7 Å². The first kappa shape index (κ1) is 17.8. The van der Waals surface area contributed by atoms with Crippen LogP contribution < -0.4 is 10.2 Å². The van der Waals surface area contributed by atoms with Crippen molar-refractivity contribution in [2.45, 2.75) is 31.4 Å². The fourth-order valence-corrected chi connectivity index (χ4v) is 3.63. The molecular formula is C20H20F3N3O. The van der Waals surface area contributed by atoms with Gasteiger partial charge >= 0.3 is 6.18 Å². The molecule has 2 aromatic rings. The van der Waals surface area contributed by atoms with E-state index in [1.165, 1.54) is 18.9 Å². The van der Waals surface area contributed by atoms with Crippen molar-refractivity contribution < 1.29 is 18.0 Å². The number of hydrogen-bond donors (Lipinski definition) is 1. The number of carbonyl (C=O) groups is 1. The third-order valence-electron chi connectivity index (χ3n) is 5.21. The Morgan fingerprint density at radius 1 is 1.15 bits per heavy atom. The Kier molecular flexibility index (Phi) is 4.53. The molecule has 2 aliphatic rings. The Morgan fingerprint density at radius 2 is 1.93 bits per heavy atom. The van der Waals surface area contributed by atoms with Crippen molar-refractivity contribution >= 4 is 17.4 Å². The third kappa shape index (κ3) is 3.91. The number of alkyl halides is 3. The zero-order valence-electron chi connectivity index (χ0n) is 14.7. The van der Waals surface area contributed by atoms with Crippen LogP contribution in [-0.2, 0) is 11.0 Å². The SMILES string of the molecule is O=C(Nc1ccc(N2CCCC2)nc1)[C@@H]1C[C@@H]1c1cccc(C(F)(F)F)c1. The van der Waals surface area contributed by atoms with E-state index in [1.807, 2.05) is 12.1 Å². The standard InChI is InChI=1S/C20H20F3N3O/c21-20(22,23)14-5-3-4-13(10-14)16-11-17(16)19(27)25-15-6-7-18(24-12-15)26-8-1-2-9-26/h3-7,10,12,16-17H,1-2,8-9,11H2,(H,25,27)/t16-,17-/m1/s1. The number of pyridine rings is 1. The van der Waals surface area contributed by atoms with Crippen molar-refractivity contribution in [2.75, 3.05) is 23.3 Å². The highest BCUT2D eigenvalue weighted by atomic mass is 19.4. The van der Waals surface area contributed by atoms with Gasteiger partial charge in [-0.1, -0.05) is 18.2 Å². The Morgan fingerprint density at radius 3 is 2.59 bits per heavy atom. The van der Waals surface area contributed by atoms with Crippen LogP contribution in [0.3, 0.4) is 0 Å². The van der Waals surface area contributed by atoms with E-state index in [1.54, 1.807) is 12.3 Å². The van der Waals surface area contributed by atoms with Crippen molar-refractivity contribution in [1.29, 1.82) is 0 Å². The number of nitrogens with zero attached hydrogens (tertiary/aromatic N) is 2. The van der Waals surface area contributed by atoms with E-state index in [0.29, 0.717) is 17.7 Å². The highest BCUT2D eigenvalue weighted by Gasteiger charge is 2.44. The fourth-order valence-electron chi connectivity index (χ4n) is 3.63. The lowest BCUT2D eigenvalue weighted by Gasteiger charge is -2.16. The molecule has 4 rings (SSSR count). The average molecular weight is 375 g/mol. The summed E-state index contributed by atoms with van der Waals surface area (Å²) in [6, 6.07) is 8.95. The Balaban J connectivity index is 1.37. The van der Waals surface area contributed by atoms with Crippen LogP contribution in [0.25, 0.3) is 0 Å². The van der Waals surface area contributed by atoms with Gasteiger partial charge in [-0.15, -0.1) is 0 Å². The van der Waals surface area contributed by atoms with Crippen molar-refractivity contribution in [3.8, 4) is 0 Å². The zero-order valence-corrected chi connectivity index (χ0v) is 14.7. The molecule has 0 bridgehead atoms. The highest BCUT2D eigenvalue weighted by molar-refractivity contribution is 5.95. The molecule has 1 aliphatic heterocycles. The number of halogens is 3. The number of anilines is 2. The van der Waals surface area contributed by atoms with Gasteiger partial charge in [0.1, 0.15) is 5.82 Å². The maximum atomic E-state index is 12.8. The molecule has 0 spiro atoms. The lowest BCUT2D eigenvalue weighted by atomic mass is 10.1. The maximum absolute atomic E-state index is 12.8. The lowest BCUT2D eigenvalue weighted by Crippen LogP contribution is -2.19. The normalized spacial score (nSPS) is 22.0. The highest BCUT2D eigenvalue weighted by Crippen LogP contribution is 2.48. The van der Waals surface area contributed by atoms with Gasteiger partial charge in [0.05, 0.1) is 17.4 Å². The van der Waals surface area contributed by atoms with Gasteiger partial charge in [-0.25, -0.2) is 4.98 Å². The summed E-state index contributed by atoms with van der Waals surface area (Å²) < 4.78 is 38.5. The second kappa shape index (κ2) is 6.87. The molecule has 1 saturated heterocycles. The van der Waals surface area contributed by atoms with Crippen LogP contribution in [0.15, 0.2) is 42.6 Å². The quantitative estimate of drug-likeness (QED) is 0.859. The molecule has 142 valence electrons. The first-order valence-corrected chi connectivity index (χ1v) is 9.11. The summed E-state index contributed by atoms with van der Waals surface area (Å²) in [7, 11) is 0. The number of nitrogens with one attached hydrogen (secondary N) is 1. The third-order valence-corrected chi connectivity index (χ3v) is 5.21. The monoisotopic (exact) mass is 375 g/mol. The van der Waals surface area contributed by atoms with E-state index in [4.69, 9.17) is 0 Å². The van der Waals surface area contributed by atoms with Crippen molar-refractivity contribution in [2.24, 2.45) is 5.92 Å². The van der Waals surface area contributed by atoms with Crippen LogP contribution in [0.4, 0.5) is 24.7 Å². The molecule has 2 heterocycles. The molecule has 0 unspecified atom stereocenters. The van der Waals surface area contributed by atoms with Crippen LogP contribution in [-0.4, -0.2) is 24.0 Å². The molecule has 7 heteroatoms. The average Bonchev–Trinajstić information content (AvgIpc) is 3.27. The summed E-state index contributed by atoms with van der Waals surface area (Å²) in [5.74, 6) is 0.266. The Hall–Kier alpha value is -2.57. The number of carbonyl (C=O) groups excluding carboxylic acids is 1. The molecule has 1 aromatic heterocycles. The molecule has 4 nitrogen and oxygen atoms in total. The number of amides is 1. The molecule has 1 saturated carbocycles. The van der Waals surface area contributed by atoms with E-state index in [0.717, 1.165) is 31.0 Å². The van der Waals surface area contributed by atoms with Gasteiger partial charge in [-0.2, -0.15) is 13.2 Å². The summed E-state index contributed by atoms with van der Waals surface area (Å²) in [5.41, 5.74) is 0.498. The number of aromatic nitrogens is 1. The van der Waals surface area contributed by atoms with Gasteiger partial charge < -0.3 is 10.2 Å². The smallest absolute Gasteiger partial charge is 0.357 e. The molecule has 1 aliphatic carbocycles. The van der Waals surface area contributed by atoms with Gasteiger partial charge in [-0.05, 0) is 48.9 Å². The zero-order chi connectivity index (χ0) is 19.0. The summed E-state index contributed by atoms with van der Waals surface area (Å²) in [6.07, 6.45) is 0.155. The molecule has 2 atom stereocenters. The largest absolute Gasteiger partial charge is 0.416 e. The summed E-state index contributed by atoms with van der Waals surface area (Å²) >= 11 is 0. The van der Waals surface area contributed by atoms with Crippen molar-refractivity contribution in [3.63, 3.8) is 0 Å². The predicted octanol–water partition coefficient (Wildman–Crippen LogP) is 4.44. The molecule has 1 N–H and O–H groups in total. The second-order valence-electron chi connectivity index (χ2n) is 7.16. The molecule has 1 aromatic carbocycles. The first-order valence-electron chi connectivity index (χ1n) is 9.11. The Labute approximate surface area is 155 Å². The summed E-state index contributed by atoms with van der Waals surface area (Å²) in [4.78, 5) is 19.0. The van der Waals surface area contributed by atoms with Gasteiger partial charge in [0.15, 0.2) is 0 Å². The van der Waals surface area contributed by atoms with E-state index in [-0.39, 0.29) is 17.7 Å². The second-order valence-corrected chi connectivity index (χ2v) is 7.16. The molecular weight excluding hydrogens is 355 g/mol. The minimum absolute atomic E-state index is 0.163. The van der Waals surface area contributed by atoms with E-state index in [2.05, 4.69) is 15.2 Å². The molecule has 2 fully saturated rings. The lowest BCUT2D eigenvalue weighted by molar-refractivity contribution is -0.137. The predicted molar refractivity (Wildman–Crippen MR) is 96.6 cm³/mol. The van der Waals surface area contributed by atoms with E-state index < -0.39 is 11.7 Å². The fraction of sp³-hybridized carbons (Fsp3) is 0.400. The Bertz CT molecular complexity index is 829. The summed E-state index contributed by atoms with van der Waals surface area (Å²) in [6.45, 7) is 2.00. The molecule has 1 amide bonds. The van der Waals surface area contributed by atoms with E-state index in [9.17, 15) is 18.0 Å².